The van der Waals surface area contributed by atoms with E-state index in [1.165, 1.54) is 18.2 Å². The van der Waals surface area contributed by atoms with E-state index < -0.39 is 22.8 Å². The van der Waals surface area contributed by atoms with Crippen molar-refractivity contribution < 1.29 is 19.3 Å². The van der Waals surface area contributed by atoms with Crippen LogP contribution < -0.4 is 16.2 Å². The van der Waals surface area contributed by atoms with E-state index in [0.29, 0.717) is 0 Å². The first-order valence-electron chi connectivity index (χ1n) is 9.44. The SMILES string of the molecule is CC(C)C(NC(=O)C1CCCCC1)C(=O)NNC(=O)c1cccc([N+](=O)[O-])c1. The standard InChI is InChI=1S/C19H26N4O5/c1-12(2)16(20-17(24)13-7-4-3-5-8-13)19(26)22-21-18(25)14-9-6-10-15(11-14)23(27)28/h6,9-13,16H,3-5,7-8H2,1-2H3,(H,20,24)(H,21,25)(H,22,26). The van der Waals surface area contributed by atoms with Gasteiger partial charge in [-0.15, -0.1) is 0 Å². The van der Waals surface area contributed by atoms with Crippen molar-refractivity contribution in [2.24, 2.45) is 11.8 Å². The minimum Gasteiger partial charge on any atom is -0.344 e. The summed E-state index contributed by atoms with van der Waals surface area (Å²) in [5.41, 5.74) is 4.36. The predicted octanol–water partition coefficient (Wildman–Crippen LogP) is 2.08. The summed E-state index contributed by atoms with van der Waals surface area (Å²) >= 11 is 0. The Morgan fingerprint density at radius 2 is 1.79 bits per heavy atom. The molecule has 3 N–H and O–H groups in total. The first-order valence-corrected chi connectivity index (χ1v) is 9.44. The molecule has 9 nitrogen and oxygen atoms in total. The number of nitro groups is 1. The third kappa shape index (κ3) is 5.77. The molecule has 0 bridgehead atoms. The molecular weight excluding hydrogens is 364 g/mol. The van der Waals surface area contributed by atoms with Crippen LogP contribution in [0.5, 0.6) is 0 Å². The maximum Gasteiger partial charge on any atom is 0.270 e. The molecule has 1 aliphatic rings. The van der Waals surface area contributed by atoms with Crippen LogP contribution >= 0.6 is 0 Å². The van der Waals surface area contributed by atoms with Crippen LogP contribution in [0.15, 0.2) is 24.3 Å². The Hall–Kier alpha value is -2.97. The Balaban J connectivity index is 1.94. The molecule has 28 heavy (non-hydrogen) atoms. The molecule has 1 unspecified atom stereocenters. The monoisotopic (exact) mass is 390 g/mol. The van der Waals surface area contributed by atoms with Gasteiger partial charge in [-0.25, -0.2) is 0 Å². The van der Waals surface area contributed by atoms with Crippen LogP contribution in [-0.4, -0.2) is 28.7 Å². The van der Waals surface area contributed by atoms with E-state index in [1.807, 2.05) is 0 Å². The first kappa shape index (κ1) is 21.3. The number of nitrogens with one attached hydrogen (secondary N) is 3. The van der Waals surface area contributed by atoms with Crippen molar-refractivity contribution in [3.05, 3.63) is 39.9 Å². The number of rotatable bonds is 6. The molecule has 1 aromatic carbocycles. The molecule has 9 heteroatoms. The van der Waals surface area contributed by atoms with Gasteiger partial charge < -0.3 is 5.32 Å². The lowest BCUT2D eigenvalue weighted by molar-refractivity contribution is -0.384. The summed E-state index contributed by atoms with van der Waals surface area (Å²) in [6.45, 7) is 3.60. The normalized spacial score (nSPS) is 15.5. The maximum absolute atomic E-state index is 12.5. The molecule has 2 rings (SSSR count). The van der Waals surface area contributed by atoms with Gasteiger partial charge in [0.2, 0.25) is 5.91 Å². The molecule has 1 aromatic rings. The predicted molar refractivity (Wildman–Crippen MR) is 102 cm³/mol. The van der Waals surface area contributed by atoms with Gasteiger partial charge in [-0.1, -0.05) is 39.2 Å². The van der Waals surface area contributed by atoms with E-state index in [4.69, 9.17) is 0 Å². The van der Waals surface area contributed by atoms with Crippen LogP contribution in [-0.2, 0) is 9.59 Å². The minimum atomic E-state index is -0.792. The Labute approximate surface area is 163 Å². The van der Waals surface area contributed by atoms with Gasteiger partial charge in [0.25, 0.3) is 17.5 Å². The van der Waals surface area contributed by atoms with Gasteiger partial charge in [-0.2, -0.15) is 0 Å². The summed E-state index contributed by atoms with van der Waals surface area (Å²) < 4.78 is 0. The van der Waals surface area contributed by atoms with E-state index in [0.717, 1.165) is 38.2 Å². The second-order valence-electron chi connectivity index (χ2n) is 7.32. The molecule has 0 aromatic heterocycles. The summed E-state index contributed by atoms with van der Waals surface area (Å²) in [4.78, 5) is 47.2. The average Bonchev–Trinajstić information content (AvgIpc) is 2.70. The van der Waals surface area contributed by atoms with Crippen LogP contribution in [0.2, 0.25) is 0 Å². The third-order valence-electron chi connectivity index (χ3n) is 4.84. The molecule has 3 amide bonds. The molecule has 1 atom stereocenters. The lowest BCUT2D eigenvalue weighted by atomic mass is 9.88. The number of hydrogen-bond donors (Lipinski definition) is 3. The highest BCUT2D eigenvalue weighted by Crippen LogP contribution is 2.24. The average molecular weight is 390 g/mol. The van der Waals surface area contributed by atoms with Crippen molar-refractivity contribution in [2.75, 3.05) is 0 Å². The van der Waals surface area contributed by atoms with Crippen LogP contribution in [0.25, 0.3) is 0 Å². The number of carbonyl (C=O) groups excluding carboxylic acids is 3. The number of hydrogen-bond acceptors (Lipinski definition) is 5. The highest BCUT2D eigenvalue weighted by molar-refractivity contribution is 5.97. The van der Waals surface area contributed by atoms with E-state index in [1.54, 1.807) is 13.8 Å². The number of hydrazine groups is 1. The zero-order chi connectivity index (χ0) is 20.7. The topological polar surface area (TPSA) is 130 Å². The lowest BCUT2D eigenvalue weighted by Crippen LogP contribution is -2.55. The summed E-state index contributed by atoms with van der Waals surface area (Å²) in [5.74, 6) is -1.63. The van der Waals surface area contributed by atoms with Crippen LogP contribution in [0.1, 0.15) is 56.3 Å². The fraction of sp³-hybridized carbons (Fsp3) is 0.526. The summed E-state index contributed by atoms with van der Waals surface area (Å²) in [5, 5.41) is 13.6. The van der Waals surface area contributed by atoms with Crippen molar-refractivity contribution >= 4 is 23.4 Å². The fourth-order valence-corrected chi connectivity index (χ4v) is 3.20. The molecule has 152 valence electrons. The Kier molecular flexibility index (Phi) is 7.48. The largest absolute Gasteiger partial charge is 0.344 e. The van der Waals surface area contributed by atoms with E-state index in [9.17, 15) is 24.5 Å². The Morgan fingerprint density at radius 3 is 2.39 bits per heavy atom. The number of amides is 3. The molecule has 0 spiro atoms. The zero-order valence-corrected chi connectivity index (χ0v) is 16.1. The lowest BCUT2D eigenvalue weighted by Gasteiger charge is -2.26. The molecule has 0 aliphatic heterocycles. The van der Waals surface area contributed by atoms with Crippen molar-refractivity contribution in [3.8, 4) is 0 Å². The number of benzene rings is 1. The number of carbonyl (C=O) groups is 3. The van der Waals surface area contributed by atoms with Gasteiger partial charge in [0.1, 0.15) is 6.04 Å². The maximum atomic E-state index is 12.5. The molecule has 0 heterocycles. The van der Waals surface area contributed by atoms with Gasteiger partial charge >= 0.3 is 0 Å². The smallest absolute Gasteiger partial charge is 0.270 e. The number of nitrogens with zero attached hydrogens (tertiary/aromatic N) is 1. The van der Waals surface area contributed by atoms with Crippen LogP contribution in [0.3, 0.4) is 0 Å². The Morgan fingerprint density at radius 1 is 1.11 bits per heavy atom. The van der Waals surface area contributed by atoms with Gasteiger partial charge in [0, 0.05) is 23.6 Å². The molecular formula is C19H26N4O5. The highest BCUT2D eigenvalue weighted by atomic mass is 16.6. The van der Waals surface area contributed by atoms with Gasteiger partial charge in [-0.05, 0) is 24.8 Å². The van der Waals surface area contributed by atoms with Gasteiger partial charge in [-0.3, -0.25) is 35.3 Å². The fourth-order valence-electron chi connectivity index (χ4n) is 3.20. The third-order valence-corrected chi connectivity index (χ3v) is 4.84. The number of nitro benzene ring substituents is 1. The van der Waals surface area contributed by atoms with E-state index in [2.05, 4.69) is 16.2 Å². The van der Waals surface area contributed by atoms with E-state index in [-0.39, 0.29) is 29.0 Å². The van der Waals surface area contributed by atoms with Gasteiger partial charge in [0.05, 0.1) is 4.92 Å². The zero-order valence-electron chi connectivity index (χ0n) is 16.1. The molecule has 0 radical (unpaired) electrons. The molecule has 1 fully saturated rings. The summed E-state index contributed by atoms with van der Waals surface area (Å²) in [6, 6.07) is 4.38. The minimum absolute atomic E-state index is 0.0434. The summed E-state index contributed by atoms with van der Waals surface area (Å²) in [7, 11) is 0. The van der Waals surface area contributed by atoms with Crippen molar-refractivity contribution in [3.63, 3.8) is 0 Å². The highest BCUT2D eigenvalue weighted by Gasteiger charge is 2.29. The van der Waals surface area contributed by atoms with E-state index >= 15 is 0 Å². The first-order chi connectivity index (χ1) is 13.3. The summed E-state index contributed by atoms with van der Waals surface area (Å²) in [6.07, 6.45) is 4.79. The van der Waals surface area contributed by atoms with Gasteiger partial charge in [0.15, 0.2) is 0 Å². The van der Waals surface area contributed by atoms with Crippen LogP contribution in [0, 0.1) is 22.0 Å². The molecule has 1 aliphatic carbocycles. The van der Waals surface area contributed by atoms with Crippen LogP contribution in [0.4, 0.5) is 5.69 Å². The second kappa shape index (κ2) is 9.82. The molecule has 0 saturated heterocycles. The second-order valence-corrected chi connectivity index (χ2v) is 7.32. The van der Waals surface area contributed by atoms with Crippen molar-refractivity contribution in [2.45, 2.75) is 52.0 Å². The van der Waals surface area contributed by atoms with Crippen molar-refractivity contribution in [1.29, 1.82) is 0 Å². The number of non-ortho nitro benzene ring substituents is 1. The van der Waals surface area contributed by atoms with Crippen molar-refractivity contribution in [1.82, 2.24) is 16.2 Å². The Bertz CT molecular complexity index is 744. The molecule has 1 saturated carbocycles. The quantitative estimate of drug-likeness (QED) is 0.506.